The van der Waals surface area contributed by atoms with Gasteiger partial charge in [0.25, 0.3) is 0 Å². The molecule has 0 radical (unpaired) electrons. The highest BCUT2D eigenvalue weighted by Gasteiger charge is 2.04. The number of hydrogen-bond donors (Lipinski definition) is 3. The van der Waals surface area contributed by atoms with Crippen molar-refractivity contribution >= 4 is 11.9 Å². The first kappa shape index (κ1) is 12.1. The molecule has 0 aromatic carbocycles. The van der Waals surface area contributed by atoms with Crippen molar-refractivity contribution in [1.82, 2.24) is 0 Å². The normalized spacial score (nSPS) is 6.91. The van der Waals surface area contributed by atoms with E-state index in [-0.39, 0.29) is 0 Å². The van der Waals surface area contributed by atoms with Crippen molar-refractivity contribution in [2.75, 3.05) is 6.54 Å². The van der Waals surface area contributed by atoms with Gasteiger partial charge in [0.2, 0.25) is 0 Å². The summed E-state index contributed by atoms with van der Waals surface area (Å²) in [6.45, 7) is 0.483. The highest BCUT2D eigenvalue weighted by Crippen LogP contribution is 1.59. The molecule has 0 bridgehead atoms. The van der Waals surface area contributed by atoms with E-state index in [1.165, 1.54) is 0 Å². The summed E-state index contributed by atoms with van der Waals surface area (Å²) in [5.41, 5.74) is 4.92. The Kier molecular flexibility index (Phi) is 9.23. The van der Waals surface area contributed by atoms with E-state index in [4.69, 9.17) is 30.8 Å². The second-order valence-electron chi connectivity index (χ2n) is 1.31. The Bertz CT molecular complexity index is 160. The van der Waals surface area contributed by atoms with E-state index in [1.54, 1.807) is 0 Å². The number of carbonyl (C=O) groups is 2. The van der Waals surface area contributed by atoms with Crippen molar-refractivity contribution in [3.8, 4) is 6.07 Å². The van der Waals surface area contributed by atoms with E-state index in [0.29, 0.717) is 13.0 Å². The summed E-state index contributed by atoms with van der Waals surface area (Å²) < 4.78 is 0. The molecule has 0 aromatic heterocycles. The fourth-order valence-corrected chi connectivity index (χ4v) is 0.0645. The van der Waals surface area contributed by atoms with Gasteiger partial charge < -0.3 is 15.9 Å². The van der Waals surface area contributed by atoms with E-state index in [9.17, 15) is 0 Å². The fourth-order valence-electron chi connectivity index (χ4n) is 0.0645. The molecule has 0 unspecified atom stereocenters. The lowest BCUT2D eigenvalue weighted by Gasteiger charge is -1.72. The first-order chi connectivity index (χ1) is 5.06. The van der Waals surface area contributed by atoms with Crippen LogP contribution in [-0.4, -0.2) is 28.7 Å². The van der Waals surface area contributed by atoms with Crippen LogP contribution in [0.4, 0.5) is 0 Å². The zero-order chi connectivity index (χ0) is 9.28. The number of nitrogens with zero attached hydrogens (tertiary/aromatic N) is 1. The molecule has 0 aromatic rings. The summed E-state index contributed by atoms with van der Waals surface area (Å²) in [6.07, 6.45) is 0.472. The lowest BCUT2D eigenvalue weighted by atomic mass is 10.5. The molecule has 0 fully saturated rings. The second kappa shape index (κ2) is 8.39. The molecule has 0 aliphatic heterocycles. The summed E-state index contributed by atoms with van der Waals surface area (Å²) in [6, 6.07) is 1.89. The number of carboxylic acids is 2. The molecule has 0 saturated heterocycles. The summed E-state index contributed by atoms with van der Waals surface area (Å²) in [4.78, 5) is 18.2. The molecule has 0 saturated carbocycles. The van der Waals surface area contributed by atoms with Crippen molar-refractivity contribution < 1.29 is 19.8 Å². The number of rotatable bonds is 1. The minimum absolute atomic E-state index is 0.472. The number of carboxylic acid groups (broad SMARTS) is 2. The van der Waals surface area contributed by atoms with Gasteiger partial charge >= 0.3 is 11.9 Å². The molecule has 0 amide bonds. The largest absolute Gasteiger partial charge is 0.473 e. The van der Waals surface area contributed by atoms with Gasteiger partial charge in [0.1, 0.15) is 0 Å². The predicted molar refractivity (Wildman–Crippen MR) is 34.6 cm³/mol. The van der Waals surface area contributed by atoms with Crippen LogP contribution in [0.1, 0.15) is 6.42 Å². The molecule has 0 aliphatic rings. The Morgan fingerprint density at radius 3 is 1.73 bits per heavy atom. The van der Waals surface area contributed by atoms with Crippen molar-refractivity contribution in [3.63, 3.8) is 0 Å². The maximum atomic E-state index is 9.10. The zero-order valence-corrected chi connectivity index (χ0v) is 5.65. The smallest absolute Gasteiger partial charge is 0.414 e. The molecule has 4 N–H and O–H groups in total. The lowest BCUT2D eigenvalue weighted by molar-refractivity contribution is -0.159. The van der Waals surface area contributed by atoms with Crippen LogP contribution in [-0.2, 0) is 9.59 Å². The summed E-state index contributed by atoms with van der Waals surface area (Å²) >= 11 is 0. The highest BCUT2D eigenvalue weighted by atomic mass is 16.4. The zero-order valence-electron chi connectivity index (χ0n) is 5.65. The van der Waals surface area contributed by atoms with Gasteiger partial charge in [-0.2, -0.15) is 5.26 Å². The van der Waals surface area contributed by atoms with E-state index in [1.807, 2.05) is 6.07 Å². The number of nitriles is 1. The van der Waals surface area contributed by atoms with Gasteiger partial charge in [-0.05, 0) is 0 Å². The van der Waals surface area contributed by atoms with Crippen LogP contribution in [0.3, 0.4) is 0 Å². The molecule has 62 valence electrons. The molecule has 0 atom stereocenters. The van der Waals surface area contributed by atoms with E-state index in [2.05, 4.69) is 0 Å². The maximum Gasteiger partial charge on any atom is 0.414 e. The van der Waals surface area contributed by atoms with Crippen LogP contribution >= 0.6 is 0 Å². The average Bonchev–Trinajstić information content (AvgIpc) is 1.90. The van der Waals surface area contributed by atoms with Gasteiger partial charge in [-0.15, -0.1) is 0 Å². The van der Waals surface area contributed by atoms with Crippen LogP contribution in [0.2, 0.25) is 0 Å². The molecule has 6 nitrogen and oxygen atoms in total. The van der Waals surface area contributed by atoms with Crippen LogP contribution in [0.25, 0.3) is 0 Å². The standard InChI is InChI=1S/C3H6N2.C2H2O4/c4-2-1-3-5;3-1(4)2(5)6/h1-2,4H2;(H,3,4)(H,5,6). The predicted octanol–water partition coefficient (Wildman–Crippen LogP) is -0.986. The van der Waals surface area contributed by atoms with Gasteiger partial charge in [0.15, 0.2) is 0 Å². The Labute approximate surface area is 62.8 Å². The minimum atomic E-state index is -1.82. The Morgan fingerprint density at radius 1 is 1.36 bits per heavy atom. The quantitative estimate of drug-likeness (QED) is 0.423. The number of aliphatic carboxylic acids is 2. The minimum Gasteiger partial charge on any atom is -0.473 e. The second-order valence-corrected chi connectivity index (χ2v) is 1.31. The molecular weight excluding hydrogens is 152 g/mol. The van der Waals surface area contributed by atoms with E-state index >= 15 is 0 Å². The molecule has 0 aliphatic carbocycles. The van der Waals surface area contributed by atoms with Gasteiger partial charge in [-0.25, -0.2) is 9.59 Å². The molecule has 0 spiro atoms. The Morgan fingerprint density at radius 2 is 1.73 bits per heavy atom. The van der Waals surface area contributed by atoms with Gasteiger partial charge in [0, 0.05) is 13.0 Å². The summed E-state index contributed by atoms with van der Waals surface area (Å²) in [7, 11) is 0. The summed E-state index contributed by atoms with van der Waals surface area (Å²) in [5, 5.41) is 22.5. The third-order valence-corrected chi connectivity index (χ3v) is 0.439. The van der Waals surface area contributed by atoms with Crippen molar-refractivity contribution in [1.29, 1.82) is 5.26 Å². The average molecular weight is 160 g/mol. The third kappa shape index (κ3) is 17.8. The van der Waals surface area contributed by atoms with E-state index in [0.717, 1.165) is 0 Å². The maximum absolute atomic E-state index is 9.10. The van der Waals surface area contributed by atoms with Gasteiger partial charge in [-0.3, -0.25) is 0 Å². The van der Waals surface area contributed by atoms with Gasteiger partial charge in [-0.1, -0.05) is 0 Å². The first-order valence-corrected chi connectivity index (χ1v) is 2.59. The van der Waals surface area contributed by atoms with Crippen LogP contribution in [0.15, 0.2) is 0 Å². The van der Waals surface area contributed by atoms with Gasteiger partial charge in [0.05, 0.1) is 6.07 Å². The lowest BCUT2D eigenvalue weighted by Crippen LogP contribution is -2.09. The SMILES string of the molecule is N#CCCN.O=C(O)C(=O)O. The van der Waals surface area contributed by atoms with Crippen molar-refractivity contribution in [3.05, 3.63) is 0 Å². The molecular formula is C5H8N2O4. The topological polar surface area (TPSA) is 124 Å². The van der Waals surface area contributed by atoms with E-state index < -0.39 is 11.9 Å². The highest BCUT2D eigenvalue weighted by molar-refractivity contribution is 6.27. The molecule has 11 heavy (non-hydrogen) atoms. The first-order valence-electron chi connectivity index (χ1n) is 2.59. The molecule has 0 heterocycles. The Balaban J connectivity index is 0. The summed E-state index contributed by atoms with van der Waals surface area (Å²) in [5.74, 6) is -3.65. The molecule has 0 rings (SSSR count). The van der Waals surface area contributed by atoms with Crippen LogP contribution in [0.5, 0.6) is 0 Å². The monoisotopic (exact) mass is 160 g/mol. The van der Waals surface area contributed by atoms with Crippen molar-refractivity contribution in [2.45, 2.75) is 6.42 Å². The third-order valence-electron chi connectivity index (χ3n) is 0.439. The molecule has 6 heteroatoms. The van der Waals surface area contributed by atoms with Crippen molar-refractivity contribution in [2.24, 2.45) is 5.73 Å². The van der Waals surface area contributed by atoms with Crippen LogP contribution in [0, 0.1) is 11.3 Å². The number of nitrogens with two attached hydrogens (primary N) is 1. The number of hydrogen-bond acceptors (Lipinski definition) is 4. The van der Waals surface area contributed by atoms with Crippen LogP contribution < -0.4 is 5.73 Å². The fraction of sp³-hybridized carbons (Fsp3) is 0.400. The Hall–Kier alpha value is -1.61.